The molecular formula is C30H44N2O4S. The first-order chi connectivity index (χ1) is 17.9. The Morgan fingerprint density at radius 1 is 1.08 bits per heavy atom. The number of fused-ring (bicyclic) bond motifs is 3. The van der Waals surface area contributed by atoms with Gasteiger partial charge in [-0.05, 0) is 74.5 Å². The van der Waals surface area contributed by atoms with Gasteiger partial charge in [0.2, 0.25) is 0 Å². The Hall–Kier alpha value is -1.41. The number of benzene rings is 1. The van der Waals surface area contributed by atoms with Crippen LogP contribution in [0.2, 0.25) is 0 Å². The largest absolute Gasteiger partial charge is 0.384 e. The van der Waals surface area contributed by atoms with Crippen LogP contribution >= 0.6 is 11.8 Å². The van der Waals surface area contributed by atoms with Crippen LogP contribution in [-0.2, 0) is 37.4 Å². The molecule has 2 spiro atoms. The van der Waals surface area contributed by atoms with E-state index in [0.717, 1.165) is 55.2 Å². The van der Waals surface area contributed by atoms with Gasteiger partial charge in [0.05, 0.1) is 25.4 Å². The summed E-state index contributed by atoms with van der Waals surface area (Å²) in [6, 6.07) is 6.87. The average molecular weight is 529 g/mol. The Bertz CT molecular complexity index is 1020. The first-order valence-corrected chi connectivity index (χ1v) is 15.0. The number of aliphatic imine (C=N–C) groups is 1. The number of rotatable bonds is 10. The molecule has 0 aromatic heterocycles. The number of hydrogen-bond donors (Lipinski definition) is 0. The normalized spacial score (nSPS) is 30.7. The number of carbonyl (C=O) groups excluding carboxylic acids is 1. The van der Waals surface area contributed by atoms with Crippen molar-refractivity contribution in [3.05, 3.63) is 34.9 Å². The summed E-state index contributed by atoms with van der Waals surface area (Å²) in [7, 11) is 5.24. The zero-order valence-electron chi connectivity index (χ0n) is 23.3. The Kier molecular flexibility index (Phi) is 8.07. The second kappa shape index (κ2) is 11.0. The second-order valence-electron chi connectivity index (χ2n) is 11.8. The summed E-state index contributed by atoms with van der Waals surface area (Å²) >= 11 is 1.66. The molecule has 2 saturated carbocycles. The van der Waals surface area contributed by atoms with Gasteiger partial charge in [-0.25, -0.2) is 4.99 Å². The smallest absolute Gasteiger partial charge is 0.262 e. The summed E-state index contributed by atoms with van der Waals surface area (Å²) in [5.74, 6) is 1.03. The molecule has 7 heteroatoms. The number of amidine groups is 1. The van der Waals surface area contributed by atoms with Gasteiger partial charge in [-0.15, -0.1) is 0 Å². The van der Waals surface area contributed by atoms with E-state index in [1.54, 1.807) is 26.0 Å². The third kappa shape index (κ3) is 4.90. The molecule has 204 valence electrons. The Morgan fingerprint density at radius 3 is 2.46 bits per heavy atom. The zero-order valence-corrected chi connectivity index (χ0v) is 24.1. The highest BCUT2D eigenvalue weighted by atomic mass is 32.2. The standard InChI is InChI=1S/C30H44N2O4S/c1-20(18-34-3)32-27(33)30(31-28(32)37-21(2)19-35-4)26-16-23(9-8-22-6-7-22)10-11-24(26)17-29(30)14-12-25(36-5)13-15-29/h10-11,16,20-22,25H,6-9,12-15,17-19H2,1-5H3. The van der Waals surface area contributed by atoms with E-state index in [2.05, 4.69) is 32.0 Å². The van der Waals surface area contributed by atoms with Crippen LogP contribution in [-0.4, -0.2) is 67.9 Å². The van der Waals surface area contributed by atoms with Crippen molar-refractivity contribution in [1.29, 1.82) is 0 Å². The molecule has 5 rings (SSSR count). The lowest BCUT2D eigenvalue weighted by atomic mass is 9.61. The molecule has 0 bridgehead atoms. The van der Waals surface area contributed by atoms with Crippen LogP contribution in [0.15, 0.2) is 23.2 Å². The molecule has 3 atom stereocenters. The molecule has 6 nitrogen and oxygen atoms in total. The van der Waals surface area contributed by atoms with Crippen LogP contribution < -0.4 is 0 Å². The van der Waals surface area contributed by atoms with Gasteiger partial charge in [0, 0.05) is 32.0 Å². The predicted octanol–water partition coefficient (Wildman–Crippen LogP) is 5.36. The molecule has 1 aromatic carbocycles. The SMILES string of the molecule is COCC(C)SC1=NC2(C(=O)N1C(C)COC)c1cc(CCC3CC3)ccc1CC21CCC(OC)CC1. The van der Waals surface area contributed by atoms with Crippen LogP contribution in [0, 0.1) is 11.3 Å². The Labute approximate surface area is 226 Å². The molecule has 1 heterocycles. The monoisotopic (exact) mass is 528 g/mol. The summed E-state index contributed by atoms with van der Waals surface area (Å²) in [5.41, 5.74) is 2.73. The summed E-state index contributed by atoms with van der Waals surface area (Å²) in [4.78, 5) is 22.3. The highest BCUT2D eigenvalue weighted by Crippen LogP contribution is 2.63. The van der Waals surface area contributed by atoms with Crippen LogP contribution in [0.4, 0.5) is 0 Å². The first kappa shape index (κ1) is 27.2. The van der Waals surface area contributed by atoms with Gasteiger partial charge in [0.15, 0.2) is 10.7 Å². The maximum atomic E-state index is 14.9. The second-order valence-corrected chi connectivity index (χ2v) is 13.2. The number of thioether (sulfide) groups is 1. The molecule has 0 N–H and O–H groups in total. The Morgan fingerprint density at radius 2 is 1.81 bits per heavy atom. The van der Waals surface area contributed by atoms with Crippen molar-refractivity contribution in [2.24, 2.45) is 16.3 Å². The van der Waals surface area contributed by atoms with E-state index < -0.39 is 5.54 Å². The Balaban J connectivity index is 1.60. The number of aryl methyl sites for hydroxylation is 1. The minimum Gasteiger partial charge on any atom is -0.384 e. The maximum absolute atomic E-state index is 14.9. The van der Waals surface area contributed by atoms with Crippen LogP contribution in [0.1, 0.15) is 75.5 Å². The van der Waals surface area contributed by atoms with Crippen molar-refractivity contribution in [1.82, 2.24) is 4.90 Å². The minimum atomic E-state index is -0.867. The first-order valence-electron chi connectivity index (χ1n) is 14.1. The molecular weight excluding hydrogens is 484 g/mol. The van der Waals surface area contributed by atoms with E-state index in [1.807, 2.05) is 12.0 Å². The molecule has 1 aromatic rings. The van der Waals surface area contributed by atoms with E-state index in [-0.39, 0.29) is 28.7 Å². The van der Waals surface area contributed by atoms with Crippen molar-refractivity contribution < 1.29 is 19.0 Å². The average Bonchev–Trinajstić information content (AvgIpc) is 3.62. The third-order valence-corrected chi connectivity index (χ3v) is 10.2. The number of nitrogens with zero attached hydrogens (tertiary/aromatic N) is 2. The molecule has 0 saturated heterocycles. The number of carbonyl (C=O) groups is 1. The van der Waals surface area contributed by atoms with E-state index in [1.165, 1.54) is 30.4 Å². The summed E-state index contributed by atoms with van der Waals surface area (Å²) < 4.78 is 16.7. The van der Waals surface area contributed by atoms with Crippen LogP contribution in [0.3, 0.4) is 0 Å². The maximum Gasteiger partial charge on any atom is 0.262 e. The fourth-order valence-corrected chi connectivity index (χ4v) is 8.14. The van der Waals surface area contributed by atoms with Crippen LogP contribution in [0.25, 0.3) is 0 Å². The van der Waals surface area contributed by atoms with Crippen LogP contribution in [0.5, 0.6) is 0 Å². The number of ether oxygens (including phenoxy) is 3. The van der Waals surface area contributed by atoms with Gasteiger partial charge < -0.3 is 14.2 Å². The highest BCUT2D eigenvalue weighted by molar-refractivity contribution is 8.14. The lowest BCUT2D eigenvalue weighted by Crippen LogP contribution is -2.53. The minimum absolute atomic E-state index is 0.0904. The lowest BCUT2D eigenvalue weighted by molar-refractivity contribution is -0.140. The van der Waals surface area contributed by atoms with Crippen molar-refractivity contribution in [3.63, 3.8) is 0 Å². The summed E-state index contributed by atoms with van der Waals surface area (Å²) in [5, 5.41) is 1.01. The summed E-state index contributed by atoms with van der Waals surface area (Å²) in [6.07, 6.45) is 10.1. The fraction of sp³-hybridized carbons (Fsp3) is 0.733. The predicted molar refractivity (Wildman–Crippen MR) is 149 cm³/mol. The molecule has 0 radical (unpaired) electrons. The van der Waals surface area contributed by atoms with Crippen molar-refractivity contribution in [3.8, 4) is 0 Å². The number of hydrogen-bond acceptors (Lipinski definition) is 6. The molecule has 4 aliphatic rings. The molecule has 3 aliphatic carbocycles. The highest BCUT2D eigenvalue weighted by Gasteiger charge is 2.67. The molecule has 2 fully saturated rings. The van der Waals surface area contributed by atoms with Gasteiger partial charge in [-0.3, -0.25) is 9.69 Å². The van der Waals surface area contributed by atoms with E-state index in [0.29, 0.717) is 13.2 Å². The van der Waals surface area contributed by atoms with Gasteiger partial charge in [0.25, 0.3) is 5.91 Å². The van der Waals surface area contributed by atoms with Gasteiger partial charge in [-0.1, -0.05) is 49.7 Å². The zero-order chi connectivity index (χ0) is 26.2. The van der Waals surface area contributed by atoms with Gasteiger partial charge in [-0.2, -0.15) is 0 Å². The van der Waals surface area contributed by atoms with Crippen molar-refractivity contribution >= 4 is 22.8 Å². The quantitative estimate of drug-likeness (QED) is 0.409. The summed E-state index contributed by atoms with van der Waals surface area (Å²) in [6.45, 7) is 5.31. The van der Waals surface area contributed by atoms with Crippen molar-refractivity contribution in [2.75, 3.05) is 34.5 Å². The third-order valence-electron chi connectivity index (χ3n) is 9.18. The van der Waals surface area contributed by atoms with Gasteiger partial charge >= 0.3 is 0 Å². The number of methoxy groups -OCH3 is 3. The molecule has 37 heavy (non-hydrogen) atoms. The molecule has 1 amide bonds. The number of amides is 1. The lowest BCUT2D eigenvalue weighted by Gasteiger charge is -2.45. The van der Waals surface area contributed by atoms with E-state index in [4.69, 9.17) is 19.2 Å². The van der Waals surface area contributed by atoms with E-state index >= 15 is 0 Å². The van der Waals surface area contributed by atoms with Gasteiger partial charge in [0.1, 0.15) is 0 Å². The molecule has 3 unspecified atom stereocenters. The van der Waals surface area contributed by atoms with Crippen molar-refractivity contribution in [2.45, 2.75) is 94.6 Å². The molecule has 1 aliphatic heterocycles. The fourth-order valence-electron chi connectivity index (χ4n) is 7.01. The topological polar surface area (TPSA) is 60.4 Å². The van der Waals surface area contributed by atoms with E-state index in [9.17, 15) is 4.79 Å².